The van der Waals surface area contributed by atoms with Gasteiger partial charge in [-0.3, -0.25) is 0 Å². The van der Waals surface area contributed by atoms with Crippen molar-refractivity contribution in [3.8, 4) is 50.4 Å². The number of nitrogens with zero attached hydrogens (tertiary/aromatic N) is 2. The van der Waals surface area contributed by atoms with Crippen LogP contribution < -0.4 is 4.90 Å². The molecule has 57 heavy (non-hydrogen) atoms. The number of fused-ring (bicyclic) bond motifs is 6. The van der Waals surface area contributed by atoms with Crippen LogP contribution in [-0.2, 0) is 0 Å². The molecule has 1 aliphatic rings. The van der Waals surface area contributed by atoms with E-state index in [-0.39, 0.29) is 0 Å². The molecule has 2 aromatic heterocycles. The largest absolute Gasteiger partial charge is 0.455 e. The van der Waals surface area contributed by atoms with E-state index < -0.39 is 0 Å². The molecule has 0 atom stereocenters. The lowest BCUT2D eigenvalue weighted by molar-refractivity contribution is 0.636. The zero-order valence-electron chi connectivity index (χ0n) is 30.9. The first-order chi connectivity index (χ1) is 28.3. The summed E-state index contributed by atoms with van der Waals surface area (Å²) < 4.78 is 9.55. The predicted molar refractivity (Wildman–Crippen MR) is 238 cm³/mol. The maximum Gasteiger partial charge on any atom is 0.144 e. The molecule has 1 aliphatic carbocycles. The third kappa shape index (κ3) is 4.73. The van der Waals surface area contributed by atoms with Crippen LogP contribution in [0.3, 0.4) is 0 Å². The number of aromatic nitrogens is 1. The SMILES string of the molecule is c1ccc(-c2oc3c4ccccc4c4c5c3c2-c2ccccc2-c2cccc(c25)n4-c2ccc(-c3ccc(N(c4ccccc4)c4ccccc4)cc3)cc2)cc1. The predicted octanol–water partition coefficient (Wildman–Crippen LogP) is 15.1. The minimum absolute atomic E-state index is 0.912. The van der Waals surface area contributed by atoms with Gasteiger partial charge in [-0.15, -0.1) is 0 Å². The van der Waals surface area contributed by atoms with Crippen LogP contribution >= 0.6 is 0 Å². The van der Waals surface area contributed by atoms with Gasteiger partial charge >= 0.3 is 0 Å². The maximum absolute atomic E-state index is 7.07. The van der Waals surface area contributed by atoms with Gasteiger partial charge in [-0.05, 0) is 82.4 Å². The highest BCUT2D eigenvalue weighted by Gasteiger charge is 2.31. The Morgan fingerprint density at radius 2 is 0.912 bits per heavy atom. The summed E-state index contributed by atoms with van der Waals surface area (Å²) in [6.07, 6.45) is 0. The molecule has 2 heterocycles. The van der Waals surface area contributed by atoms with Crippen LogP contribution in [0.15, 0.2) is 211 Å². The Balaban J connectivity index is 1.06. The summed E-state index contributed by atoms with van der Waals surface area (Å²) in [4.78, 5) is 2.30. The lowest BCUT2D eigenvalue weighted by Gasteiger charge is -2.25. The summed E-state index contributed by atoms with van der Waals surface area (Å²) in [6.45, 7) is 0. The summed E-state index contributed by atoms with van der Waals surface area (Å²) in [5.74, 6) is 0.912. The molecule has 0 N–H and O–H groups in total. The van der Waals surface area contributed by atoms with E-state index in [2.05, 4.69) is 216 Å². The fourth-order valence-corrected chi connectivity index (χ4v) is 9.27. The number of furan rings is 1. The molecule has 0 unspecified atom stereocenters. The van der Waals surface area contributed by atoms with E-state index >= 15 is 0 Å². The molecule has 11 aromatic rings. The first kappa shape index (κ1) is 31.7. The summed E-state index contributed by atoms with van der Waals surface area (Å²) in [6, 6.07) is 74.0. The Morgan fingerprint density at radius 1 is 0.368 bits per heavy atom. The molecule has 3 heteroatoms. The van der Waals surface area contributed by atoms with Crippen LogP contribution in [0.4, 0.5) is 17.1 Å². The van der Waals surface area contributed by atoms with Crippen molar-refractivity contribution in [3.63, 3.8) is 0 Å². The van der Waals surface area contributed by atoms with Gasteiger partial charge in [-0.2, -0.15) is 0 Å². The van der Waals surface area contributed by atoms with Gasteiger partial charge in [0.05, 0.1) is 11.0 Å². The average Bonchev–Trinajstić information content (AvgIpc) is 3.82. The van der Waals surface area contributed by atoms with Crippen LogP contribution in [0.5, 0.6) is 0 Å². The van der Waals surface area contributed by atoms with Gasteiger partial charge in [0, 0.05) is 60.8 Å². The number of hydrogen-bond acceptors (Lipinski definition) is 2. The molecule has 0 radical (unpaired) electrons. The number of hydrogen-bond donors (Lipinski definition) is 0. The van der Waals surface area contributed by atoms with Crippen LogP contribution in [0, 0.1) is 0 Å². The molecule has 3 nitrogen and oxygen atoms in total. The molecule has 0 spiro atoms. The number of rotatable bonds is 6. The van der Waals surface area contributed by atoms with Crippen LogP contribution in [0.2, 0.25) is 0 Å². The fourth-order valence-electron chi connectivity index (χ4n) is 9.27. The zero-order chi connectivity index (χ0) is 37.5. The number of anilines is 3. The van der Waals surface area contributed by atoms with E-state index in [1.165, 1.54) is 60.4 Å². The second-order valence-corrected chi connectivity index (χ2v) is 14.8. The van der Waals surface area contributed by atoms with Crippen LogP contribution in [0.1, 0.15) is 0 Å². The minimum atomic E-state index is 0.912. The first-order valence-electron chi connectivity index (χ1n) is 19.5. The second-order valence-electron chi connectivity index (χ2n) is 14.8. The van der Waals surface area contributed by atoms with Crippen molar-refractivity contribution in [3.05, 3.63) is 206 Å². The standard InChI is InChI=1S/C54H34N2O/c1-4-15-37(16-5-1)53-49-44-22-11-10-21-42(44)43-25-14-26-47-48(43)50-51(49)54(57-53)46-24-13-12-23-45(46)52(50)56(47)41-33-29-36(30-34-41)35-27-31-40(32-28-35)55(38-17-6-2-7-18-38)39-19-8-3-9-20-39/h1-34H. The second kappa shape index (κ2) is 12.5. The molecule has 0 saturated heterocycles. The first-order valence-corrected chi connectivity index (χ1v) is 19.5. The van der Waals surface area contributed by atoms with Crippen molar-refractivity contribution in [1.29, 1.82) is 0 Å². The van der Waals surface area contributed by atoms with Gasteiger partial charge in [0.1, 0.15) is 11.3 Å². The highest BCUT2D eigenvalue weighted by atomic mass is 16.3. The van der Waals surface area contributed by atoms with Gasteiger partial charge in [-0.25, -0.2) is 0 Å². The topological polar surface area (TPSA) is 21.3 Å². The molecule has 0 fully saturated rings. The third-order valence-corrected chi connectivity index (χ3v) is 11.7. The molecule has 12 rings (SSSR count). The number of benzene rings is 9. The van der Waals surface area contributed by atoms with Gasteiger partial charge in [0.2, 0.25) is 0 Å². The smallest absolute Gasteiger partial charge is 0.144 e. The molecular formula is C54H34N2O. The van der Waals surface area contributed by atoms with Gasteiger partial charge in [-0.1, -0.05) is 152 Å². The number of para-hydroxylation sites is 2. The lowest BCUT2D eigenvalue weighted by atomic mass is 9.92. The van der Waals surface area contributed by atoms with Crippen LogP contribution in [-0.4, -0.2) is 4.57 Å². The van der Waals surface area contributed by atoms with E-state index in [4.69, 9.17) is 4.42 Å². The fraction of sp³-hybridized carbons (Fsp3) is 0. The highest BCUT2D eigenvalue weighted by molar-refractivity contribution is 6.38. The van der Waals surface area contributed by atoms with E-state index in [0.29, 0.717) is 0 Å². The van der Waals surface area contributed by atoms with Crippen molar-refractivity contribution in [1.82, 2.24) is 4.57 Å². The summed E-state index contributed by atoms with van der Waals surface area (Å²) in [5, 5.41) is 5.98. The quantitative estimate of drug-likeness (QED) is 0.170. The van der Waals surface area contributed by atoms with Crippen molar-refractivity contribution in [2.45, 2.75) is 0 Å². The van der Waals surface area contributed by atoms with Crippen molar-refractivity contribution < 1.29 is 4.42 Å². The van der Waals surface area contributed by atoms with Crippen molar-refractivity contribution >= 4 is 60.6 Å². The molecule has 0 amide bonds. The van der Waals surface area contributed by atoms with E-state index in [1.54, 1.807) is 0 Å². The maximum atomic E-state index is 7.07. The summed E-state index contributed by atoms with van der Waals surface area (Å²) in [7, 11) is 0. The van der Waals surface area contributed by atoms with Gasteiger partial charge in [0.15, 0.2) is 0 Å². The third-order valence-electron chi connectivity index (χ3n) is 11.7. The summed E-state index contributed by atoms with van der Waals surface area (Å²) >= 11 is 0. The molecule has 9 aromatic carbocycles. The van der Waals surface area contributed by atoms with Gasteiger partial charge < -0.3 is 13.9 Å². The molecule has 0 bridgehead atoms. The Labute approximate surface area is 329 Å². The Bertz CT molecular complexity index is 3270. The molecule has 266 valence electrons. The molecular weight excluding hydrogens is 693 g/mol. The molecule has 0 aliphatic heterocycles. The average molecular weight is 727 g/mol. The Hall–Kier alpha value is -7.62. The Morgan fingerprint density at radius 3 is 1.60 bits per heavy atom. The van der Waals surface area contributed by atoms with E-state index in [1.807, 2.05) is 0 Å². The van der Waals surface area contributed by atoms with Gasteiger partial charge in [0.25, 0.3) is 0 Å². The monoisotopic (exact) mass is 726 g/mol. The highest BCUT2D eigenvalue weighted by Crippen LogP contribution is 2.55. The van der Waals surface area contributed by atoms with E-state index in [0.717, 1.165) is 50.6 Å². The van der Waals surface area contributed by atoms with Crippen molar-refractivity contribution in [2.75, 3.05) is 4.90 Å². The normalized spacial score (nSPS) is 11.9. The lowest BCUT2D eigenvalue weighted by Crippen LogP contribution is -2.09. The minimum Gasteiger partial charge on any atom is -0.455 e. The van der Waals surface area contributed by atoms with E-state index in [9.17, 15) is 0 Å². The Kier molecular flexibility index (Phi) is 6.93. The van der Waals surface area contributed by atoms with Crippen molar-refractivity contribution in [2.24, 2.45) is 0 Å². The van der Waals surface area contributed by atoms with Crippen LogP contribution in [0.25, 0.3) is 93.9 Å². The summed E-state index contributed by atoms with van der Waals surface area (Å²) in [5.41, 5.74) is 16.1. The zero-order valence-corrected chi connectivity index (χ0v) is 30.9. The molecule has 0 saturated carbocycles.